The van der Waals surface area contributed by atoms with Crippen LogP contribution in [0.15, 0.2) is 71.6 Å². The van der Waals surface area contributed by atoms with E-state index in [0.29, 0.717) is 10.6 Å². The fourth-order valence-electron chi connectivity index (χ4n) is 3.61. The SMILES string of the molecule is Cc1ccc(S(=O)(=O)Cc2nc3cc(C(C)(C)C)ccc3c3ccccc23)cc1. The second kappa shape index (κ2) is 6.96. The van der Waals surface area contributed by atoms with Crippen molar-refractivity contribution in [1.82, 2.24) is 4.98 Å². The number of hydrogen-bond acceptors (Lipinski definition) is 3. The van der Waals surface area contributed by atoms with Crippen LogP contribution in [0, 0.1) is 6.92 Å². The predicted molar refractivity (Wildman–Crippen MR) is 120 cm³/mol. The van der Waals surface area contributed by atoms with Gasteiger partial charge in [-0.1, -0.05) is 74.9 Å². The molecule has 0 atom stereocenters. The number of hydrogen-bond donors (Lipinski definition) is 0. The smallest absolute Gasteiger partial charge is 0.184 e. The van der Waals surface area contributed by atoms with Gasteiger partial charge in [0.05, 0.1) is 21.9 Å². The number of aromatic nitrogens is 1. The maximum atomic E-state index is 13.1. The Morgan fingerprint density at radius 3 is 2.14 bits per heavy atom. The van der Waals surface area contributed by atoms with Crippen molar-refractivity contribution < 1.29 is 8.42 Å². The summed E-state index contributed by atoms with van der Waals surface area (Å²) >= 11 is 0. The highest BCUT2D eigenvalue weighted by atomic mass is 32.2. The average Bonchev–Trinajstić information content (AvgIpc) is 2.67. The number of benzene rings is 3. The van der Waals surface area contributed by atoms with E-state index in [1.165, 1.54) is 5.56 Å². The van der Waals surface area contributed by atoms with Crippen LogP contribution in [0.2, 0.25) is 0 Å². The molecule has 3 nitrogen and oxygen atoms in total. The van der Waals surface area contributed by atoms with E-state index in [9.17, 15) is 8.42 Å². The van der Waals surface area contributed by atoms with Crippen molar-refractivity contribution in [2.75, 3.05) is 0 Å². The Balaban J connectivity index is 1.91. The molecule has 29 heavy (non-hydrogen) atoms. The molecule has 0 fully saturated rings. The van der Waals surface area contributed by atoms with Gasteiger partial charge >= 0.3 is 0 Å². The lowest BCUT2D eigenvalue weighted by molar-refractivity contribution is 0.590. The summed E-state index contributed by atoms with van der Waals surface area (Å²) in [6, 6.07) is 21.2. The van der Waals surface area contributed by atoms with Gasteiger partial charge in [0, 0.05) is 10.8 Å². The van der Waals surface area contributed by atoms with Gasteiger partial charge in [0.15, 0.2) is 9.84 Å². The van der Waals surface area contributed by atoms with Crippen LogP contribution in [-0.2, 0) is 21.0 Å². The fourth-order valence-corrected chi connectivity index (χ4v) is 4.91. The first kappa shape index (κ1) is 19.6. The number of rotatable bonds is 3. The molecule has 0 aliphatic heterocycles. The predicted octanol–water partition coefficient (Wildman–Crippen LogP) is 5.97. The normalized spacial score (nSPS) is 12.6. The molecule has 0 amide bonds. The summed E-state index contributed by atoms with van der Waals surface area (Å²) in [6.07, 6.45) is 0. The first-order valence-corrected chi connectivity index (χ1v) is 11.4. The van der Waals surface area contributed by atoms with Gasteiger partial charge in [-0.25, -0.2) is 8.42 Å². The van der Waals surface area contributed by atoms with Crippen LogP contribution in [0.4, 0.5) is 0 Å². The first-order valence-electron chi connectivity index (χ1n) is 9.76. The number of fused-ring (bicyclic) bond motifs is 3. The largest absolute Gasteiger partial charge is 0.251 e. The zero-order valence-electron chi connectivity index (χ0n) is 17.2. The van der Waals surface area contributed by atoms with Crippen molar-refractivity contribution in [3.8, 4) is 0 Å². The lowest BCUT2D eigenvalue weighted by atomic mass is 9.86. The maximum Gasteiger partial charge on any atom is 0.184 e. The van der Waals surface area contributed by atoms with E-state index < -0.39 is 9.84 Å². The van der Waals surface area contributed by atoms with Gasteiger partial charge in [-0.2, -0.15) is 0 Å². The summed E-state index contributed by atoms with van der Waals surface area (Å²) in [6.45, 7) is 8.44. The van der Waals surface area contributed by atoms with E-state index in [0.717, 1.165) is 27.2 Å². The number of sulfone groups is 1. The summed E-state index contributed by atoms with van der Waals surface area (Å²) in [7, 11) is -3.49. The van der Waals surface area contributed by atoms with E-state index in [4.69, 9.17) is 4.98 Å². The zero-order chi connectivity index (χ0) is 20.8. The third-order valence-corrected chi connectivity index (χ3v) is 7.00. The Morgan fingerprint density at radius 2 is 1.48 bits per heavy atom. The number of nitrogens with zero attached hydrogens (tertiary/aromatic N) is 1. The van der Waals surface area contributed by atoms with Gasteiger partial charge in [-0.15, -0.1) is 0 Å². The highest BCUT2D eigenvalue weighted by Crippen LogP contribution is 2.32. The van der Waals surface area contributed by atoms with E-state index >= 15 is 0 Å². The van der Waals surface area contributed by atoms with Crippen LogP contribution in [0.25, 0.3) is 21.7 Å². The van der Waals surface area contributed by atoms with Crippen molar-refractivity contribution in [2.45, 2.75) is 43.8 Å². The average molecular weight is 404 g/mol. The van der Waals surface area contributed by atoms with Crippen molar-refractivity contribution in [3.05, 3.63) is 83.6 Å². The standard InChI is InChI=1S/C25H25NO2S/c1-17-9-12-19(13-10-17)29(27,28)16-24-21-8-6-5-7-20(21)22-14-11-18(25(2,3)4)15-23(22)26-24/h5-15H,16H2,1-4H3. The van der Waals surface area contributed by atoms with Gasteiger partial charge in [0.1, 0.15) is 0 Å². The number of aryl methyl sites for hydroxylation is 1. The Hall–Kier alpha value is -2.72. The minimum absolute atomic E-state index is 0.00431. The molecule has 0 saturated heterocycles. The highest BCUT2D eigenvalue weighted by Gasteiger charge is 2.20. The minimum atomic E-state index is -3.49. The monoisotopic (exact) mass is 403 g/mol. The first-order chi connectivity index (χ1) is 13.6. The van der Waals surface area contributed by atoms with Crippen LogP contribution in [-0.4, -0.2) is 13.4 Å². The fraction of sp³-hybridized carbons (Fsp3) is 0.240. The molecular formula is C25H25NO2S. The van der Waals surface area contributed by atoms with Gasteiger partial charge in [-0.3, -0.25) is 4.98 Å². The van der Waals surface area contributed by atoms with Gasteiger partial charge in [-0.05, 0) is 41.5 Å². The molecule has 0 aliphatic carbocycles. The molecule has 1 aromatic heterocycles. The summed E-state index contributed by atoms with van der Waals surface area (Å²) in [5, 5.41) is 2.97. The van der Waals surface area contributed by atoms with Crippen molar-refractivity contribution in [2.24, 2.45) is 0 Å². The summed E-state index contributed by atoms with van der Waals surface area (Å²) in [5.41, 5.74) is 3.65. The molecule has 0 aliphatic rings. The van der Waals surface area contributed by atoms with Crippen LogP contribution in [0.3, 0.4) is 0 Å². The Morgan fingerprint density at radius 1 is 0.828 bits per heavy atom. The zero-order valence-corrected chi connectivity index (χ0v) is 18.0. The van der Waals surface area contributed by atoms with E-state index in [2.05, 4.69) is 39.0 Å². The number of pyridine rings is 1. The molecular weight excluding hydrogens is 378 g/mol. The second-order valence-electron chi connectivity index (χ2n) is 8.66. The Bertz CT molecular complexity index is 1320. The van der Waals surface area contributed by atoms with Gasteiger partial charge in [0.25, 0.3) is 0 Å². The third kappa shape index (κ3) is 3.77. The van der Waals surface area contributed by atoms with E-state index in [-0.39, 0.29) is 11.2 Å². The van der Waals surface area contributed by atoms with Crippen LogP contribution >= 0.6 is 0 Å². The molecule has 0 saturated carbocycles. The molecule has 0 bridgehead atoms. The molecule has 3 aromatic carbocycles. The maximum absolute atomic E-state index is 13.1. The van der Waals surface area contributed by atoms with Crippen LogP contribution in [0.5, 0.6) is 0 Å². The Labute approximate surface area is 172 Å². The molecule has 4 rings (SSSR count). The van der Waals surface area contributed by atoms with Crippen LogP contribution < -0.4 is 0 Å². The minimum Gasteiger partial charge on any atom is -0.251 e. The third-order valence-electron chi connectivity index (χ3n) is 5.35. The van der Waals surface area contributed by atoms with E-state index in [1.807, 2.05) is 43.3 Å². The lowest BCUT2D eigenvalue weighted by Crippen LogP contribution is -2.11. The molecule has 0 N–H and O–H groups in total. The topological polar surface area (TPSA) is 47.0 Å². The quantitative estimate of drug-likeness (QED) is 0.396. The van der Waals surface area contributed by atoms with Crippen LogP contribution in [0.1, 0.15) is 37.6 Å². The summed E-state index contributed by atoms with van der Waals surface area (Å²) in [4.78, 5) is 5.16. The molecule has 0 unspecified atom stereocenters. The lowest BCUT2D eigenvalue weighted by Gasteiger charge is -2.20. The molecule has 1 heterocycles. The molecule has 148 valence electrons. The Kier molecular flexibility index (Phi) is 4.70. The van der Waals surface area contributed by atoms with Crippen molar-refractivity contribution in [3.63, 3.8) is 0 Å². The molecule has 4 heteroatoms. The second-order valence-corrected chi connectivity index (χ2v) is 10.6. The summed E-state index contributed by atoms with van der Waals surface area (Å²) in [5.74, 6) is -0.119. The van der Waals surface area contributed by atoms with Crippen molar-refractivity contribution >= 4 is 31.5 Å². The van der Waals surface area contributed by atoms with Crippen molar-refractivity contribution in [1.29, 1.82) is 0 Å². The van der Waals surface area contributed by atoms with E-state index in [1.54, 1.807) is 12.1 Å². The van der Waals surface area contributed by atoms with Gasteiger partial charge in [0.2, 0.25) is 0 Å². The van der Waals surface area contributed by atoms with Gasteiger partial charge < -0.3 is 0 Å². The molecule has 0 radical (unpaired) electrons. The molecule has 4 aromatic rings. The molecule has 0 spiro atoms. The highest BCUT2D eigenvalue weighted by molar-refractivity contribution is 7.90. The summed E-state index contributed by atoms with van der Waals surface area (Å²) < 4.78 is 26.2.